The van der Waals surface area contributed by atoms with Crippen molar-refractivity contribution >= 4 is 5.96 Å². The molecule has 0 aromatic heterocycles. The van der Waals surface area contributed by atoms with Crippen LogP contribution < -0.4 is 11.5 Å². The summed E-state index contributed by atoms with van der Waals surface area (Å²) < 4.78 is 0. The Bertz CT molecular complexity index is 149. The van der Waals surface area contributed by atoms with Gasteiger partial charge in [0.15, 0.2) is 6.17 Å². The number of nitrogens with zero attached hydrogens (tertiary/aromatic N) is 3. The molecule has 5 nitrogen and oxygen atoms in total. The van der Waals surface area contributed by atoms with Gasteiger partial charge in [-0.2, -0.15) is 5.11 Å². The first kappa shape index (κ1) is 6.15. The van der Waals surface area contributed by atoms with E-state index in [9.17, 15) is 0 Å². The van der Waals surface area contributed by atoms with Crippen molar-refractivity contribution in [3.8, 4) is 0 Å². The van der Waals surface area contributed by atoms with Gasteiger partial charge in [0.2, 0.25) is 5.96 Å². The van der Waals surface area contributed by atoms with E-state index in [2.05, 4.69) is 15.2 Å². The summed E-state index contributed by atoms with van der Waals surface area (Å²) in [6.45, 7) is 0.570. The van der Waals surface area contributed by atoms with Crippen molar-refractivity contribution < 1.29 is 0 Å². The lowest BCUT2D eigenvalue weighted by molar-refractivity contribution is 0.650. The molecule has 9 heavy (non-hydrogen) atoms. The Morgan fingerprint density at radius 1 is 1.56 bits per heavy atom. The van der Waals surface area contributed by atoms with Crippen molar-refractivity contribution in [2.75, 3.05) is 6.54 Å². The molecule has 0 spiro atoms. The molecule has 5 heteroatoms. The highest BCUT2D eigenvalue weighted by Gasteiger charge is 2.09. The summed E-state index contributed by atoms with van der Waals surface area (Å²) in [4.78, 5) is 3.86. The Morgan fingerprint density at radius 2 is 2.33 bits per heavy atom. The fourth-order valence-corrected chi connectivity index (χ4v) is 0.601. The van der Waals surface area contributed by atoms with E-state index in [0.717, 1.165) is 6.42 Å². The van der Waals surface area contributed by atoms with E-state index in [1.54, 1.807) is 0 Å². The van der Waals surface area contributed by atoms with Gasteiger partial charge in [0, 0.05) is 6.42 Å². The van der Waals surface area contributed by atoms with Gasteiger partial charge in [0.05, 0.1) is 0 Å². The molecule has 1 unspecified atom stereocenters. The van der Waals surface area contributed by atoms with Gasteiger partial charge in [-0.3, -0.25) is 0 Å². The minimum absolute atomic E-state index is 0.116. The number of hydrogen-bond acceptors (Lipinski definition) is 5. The number of nitrogens with two attached hydrogens (primary N) is 2. The summed E-state index contributed by atoms with van der Waals surface area (Å²) in [6.07, 6.45) is 0.611. The second-order valence-electron chi connectivity index (χ2n) is 1.76. The Balaban J connectivity index is 2.40. The SMILES string of the molecule is NCCC1N=NC(N)=N1. The highest BCUT2D eigenvalue weighted by atomic mass is 15.3. The first-order valence-electron chi connectivity index (χ1n) is 2.77. The van der Waals surface area contributed by atoms with Crippen LogP contribution in [0.25, 0.3) is 0 Å². The maximum absolute atomic E-state index is 5.24. The lowest BCUT2D eigenvalue weighted by Gasteiger charge is -1.95. The largest absolute Gasteiger partial charge is 0.367 e. The van der Waals surface area contributed by atoms with Crippen LogP contribution in [0.15, 0.2) is 15.2 Å². The van der Waals surface area contributed by atoms with Crippen molar-refractivity contribution in [1.82, 2.24) is 0 Å². The van der Waals surface area contributed by atoms with Crippen LogP contribution in [0.1, 0.15) is 6.42 Å². The molecule has 0 aromatic rings. The summed E-state index contributed by atoms with van der Waals surface area (Å²) in [5, 5.41) is 7.26. The highest BCUT2D eigenvalue weighted by Crippen LogP contribution is 2.05. The predicted molar refractivity (Wildman–Crippen MR) is 33.9 cm³/mol. The Morgan fingerprint density at radius 3 is 2.78 bits per heavy atom. The second kappa shape index (κ2) is 2.54. The van der Waals surface area contributed by atoms with Crippen molar-refractivity contribution in [3.63, 3.8) is 0 Å². The number of guanidine groups is 1. The molecule has 0 radical (unpaired) electrons. The molecule has 0 aromatic carbocycles. The van der Waals surface area contributed by atoms with Crippen LogP contribution in [0.5, 0.6) is 0 Å². The quantitative estimate of drug-likeness (QED) is 0.520. The average molecular weight is 127 g/mol. The van der Waals surface area contributed by atoms with Crippen LogP contribution in [0, 0.1) is 0 Å². The standard InChI is InChI=1S/C4H9N5/c5-2-1-3-7-4(6)9-8-3/h3H,1-2,5H2,(H2,6,7). The molecule has 0 bridgehead atoms. The van der Waals surface area contributed by atoms with Crippen LogP contribution in [-0.4, -0.2) is 18.7 Å². The van der Waals surface area contributed by atoms with Crippen molar-refractivity contribution in [1.29, 1.82) is 0 Å². The van der Waals surface area contributed by atoms with Crippen LogP contribution in [0.4, 0.5) is 0 Å². The third kappa shape index (κ3) is 1.46. The van der Waals surface area contributed by atoms with Crippen LogP contribution in [0.3, 0.4) is 0 Å². The third-order valence-electron chi connectivity index (χ3n) is 1.000. The molecule has 1 aliphatic rings. The van der Waals surface area contributed by atoms with E-state index in [-0.39, 0.29) is 12.1 Å². The van der Waals surface area contributed by atoms with Crippen LogP contribution in [-0.2, 0) is 0 Å². The molecule has 1 aliphatic heterocycles. The van der Waals surface area contributed by atoms with E-state index >= 15 is 0 Å². The minimum Gasteiger partial charge on any atom is -0.367 e. The van der Waals surface area contributed by atoms with Gasteiger partial charge in [-0.25, -0.2) is 4.99 Å². The van der Waals surface area contributed by atoms with E-state index in [0.29, 0.717) is 6.54 Å². The van der Waals surface area contributed by atoms with Crippen molar-refractivity contribution in [2.45, 2.75) is 12.6 Å². The van der Waals surface area contributed by atoms with Gasteiger partial charge in [-0.15, -0.1) is 5.11 Å². The molecule has 0 saturated carbocycles. The zero-order valence-corrected chi connectivity index (χ0v) is 4.99. The van der Waals surface area contributed by atoms with Crippen LogP contribution >= 0.6 is 0 Å². The van der Waals surface area contributed by atoms with E-state index < -0.39 is 0 Å². The van der Waals surface area contributed by atoms with E-state index in [1.807, 2.05) is 0 Å². The summed E-state index contributed by atoms with van der Waals surface area (Å²) in [7, 11) is 0. The number of rotatable bonds is 2. The van der Waals surface area contributed by atoms with Gasteiger partial charge in [0.25, 0.3) is 0 Å². The molecular formula is C4H9N5. The molecule has 0 fully saturated rings. The van der Waals surface area contributed by atoms with Gasteiger partial charge < -0.3 is 11.5 Å². The molecule has 1 atom stereocenters. The smallest absolute Gasteiger partial charge is 0.237 e. The molecule has 0 aliphatic carbocycles. The lowest BCUT2D eigenvalue weighted by Crippen LogP contribution is -2.10. The zero-order chi connectivity index (χ0) is 6.69. The first-order valence-corrected chi connectivity index (χ1v) is 2.77. The van der Waals surface area contributed by atoms with Crippen LogP contribution in [0.2, 0.25) is 0 Å². The predicted octanol–water partition coefficient (Wildman–Crippen LogP) is -0.558. The Kier molecular flexibility index (Phi) is 1.74. The molecule has 0 saturated heterocycles. The normalized spacial score (nSPS) is 24.6. The van der Waals surface area contributed by atoms with Gasteiger partial charge in [-0.1, -0.05) is 0 Å². The zero-order valence-electron chi connectivity index (χ0n) is 4.99. The fourth-order valence-electron chi connectivity index (χ4n) is 0.601. The van der Waals surface area contributed by atoms with E-state index in [1.165, 1.54) is 0 Å². The fraction of sp³-hybridized carbons (Fsp3) is 0.750. The number of azo groups is 1. The Labute approximate surface area is 52.9 Å². The number of aliphatic imine (C=N–C) groups is 1. The maximum atomic E-state index is 5.24. The summed E-state index contributed by atoms with van der Waals surface area (Å²) in [5.41, 5.74) is 10.4. The average Bonchev–Trinajstić information content (AvgIpc) is 2.17. The maximum Gasteiger partial charge on any atom is 0.237 e. The first-order chi connectivity index (χ1) is 4.33. The Hall–Kier alpha value is -0.970. The molecule has 4 N–H and O–H groups in total. The summed E-state index contributed by atoms with van der Waals surface area (Å²) in [5.74, 6) is 0.258. The van der Waals surface area contributed by atoms with Gasteiger partial charge >= 0.3 is 0 Å². The molecule has 50 valence electrons. The second-order valence-corrected chi connectivity index (χ2v) is 1.76. The third-order valence-corrected chi connectivity index (χ3v) is 1.000. The topological polar surface area (TPSA) is 89.1 Å². The van der Waals surface area contributed by atoms with Crippen molar-refractivity contribution in [3.05, 3.63) is 0 Å². The minimum atomic E-state index is -0.116. The molecular weight excluding hydrogens is 118 g/mol. The molecule has 0 amide bonds. The summed E-state index contributed by atoms with van der Waals surface area (Å²) >= 11 is 0. The summed E-state index contributed by atoms with van der Waals surface area (Å²) in [6, 6.07) is 0. The molecule has 1 rings (SSSR count). The van der Waals surface area contributed by atoms with Gasteiger partial charge in [0.1, 0.15) is 0 Å². The highest BCUT2D eigenvalue weighted by molar-refractivity contribution is 5.79. The molecule has 1 heterocycles. The van der Waals surface area contributed by atoms with E-state index in [4.69, 9.17) is 11.5 Å². The monoisotopic (exact) mass is 127 g/mol. The van der Waals surface area contributed by atoms with Gasteiger partial charge in [-0.05, 0) is 6.54 Å². The number of hydrogen-bond donors (Lipinski definition) is 2. The van der Waals surface area contributed by atoms with Crippen molar-refractivity contribution in [2.24, 2.45) is 26.7 Å². The lowest BCUT2D eigenvalue weighted by atomic mass is 10.4.